The standard InChI is InChI=1S/C7H10F4/c8-6(9)4-2-1-3-5-7(6,10)11/h1-5H2. The fraction of sp³-hybridized carbons (Fsp3) is 1.00. The molecule has 1 aliphatic rings. The second kappa shape index (κ2) is 2.64. The number of halogens is 4. The van der Waals surface area contributed by atoms with Crippen molar-refractivity contribution in [3.05, 3.63) is 0 Å². The molecule has 1 aliphatic carbocycles. The van der Waals surface area contributed by atoms with Crippen LogP contribution in [-0.4, -0.2) is 11.8 Å². The predicted molar refractivity (Wildman–Crippen MR) is 33.0 cm³/mol. The van der Waals surface area contributed by atoms with E-state index in [4.69, 9.17) is 0 Å². The van der Waals surface area contributed by atoms with Crippen molar-refractivity contribution in [3.63, 3.8) is 0 Å². The van der Waals surface area contributed by atoms with E-state index in [1.165, 1.54) is 0 Å². The van der Waals surface area contributed by atoms with E-state index in [-0.39, 0.29) is 12.8 Å². The maximum atomic E-state index is 12.5. The zero-order chi connectivity index (χ0) is 8.54. The van der Waals surface area contributed by atoms with Gasteiger partial charge in [-0.1, -0.05) is 6.42 Å². The molecule has 0 amide bonds. The van der Waals surface area contributed by atoms with Crippen LogP contribution in [0.1, 0.15) is 32.1 Å². The zero-order valence-electron chi connectivity index (χ0n) is 6.05. The summed E-state index contributed by atoms with van der Waals surface area (Å²) in [7, 11) is 0. The van der Waals surface area contributed by atoms with Gasteiger partial charge in [0, 0.05) is 12.8 Å². The summed E-state index contributed by atoms with van der Waals surface area (Å²) < 4.78 is 50.0. The highest BCUT2D eigenvalue weighted by Gasteiger charge is 2.55. The van der Waals surface area contributed by atoms with E-state index < -0.39 is 24.7 Å². The van der Waals surface area contributed by atoms with Gasteiger partial charge < -0.3 is 0 Å². The number of alkyl halides is 4. The van der Waals surface area contributed by atoms with Gasteiger partial charge in [0.25, 0.3) is 0 Å². The van der Waals surface area contributed by atoms with Crippen molar-refractivity contribution in [1.82, 2.24) is 0 Å². The summed E-state index contributed by atoms with van der Waals surface area (Å²) in [4.78, 5) is 0. The molecule has 66 valence electrons. The molecular weight excluding hydrogens is 160 g/mol. The molecule has 0 nitrogen and oxygen atoms in total. The molecule has 0 aromatic carbocycles. The molecule has 0 atom stereocenters. The average Bonchev–Trinajstić information content (AvgIpc) is 1.94. The van der Waals surface area contributed by atoms with E-state index in [1.54, 1.807) is 0 Å². The van der Waals surface area contributed by atoms with Gasteiger partial charge in [-0.05, 0) is 12.8 Å². The van der Waals surface area contributed by atoms with Crippen LogP contribution < -0.4 is 0 Å². The Hall–Kier alpha value is -0.280. The number of hydrogen-bond acceptors (Lipinski definition) is 0. The van der Waals surface area contributed by atoms with Crippen molar-refractivity contribution in [2.45, 2.75) is 43.9 Å². The summed E-state index contributed by atoms with van der Waals surface area (Å²) in [6.07, 6.45) is -0.420. The highest BCUT2D eigenvalue weighted by Crippen LogP contribution is 2.43. The molecule has 0 aromatic heterocycles. The van der Waals surface area contributed by atoms with Gasteiger partial charge in [-0.2, -0.15) is 17.6 Å². The highest BCUT2D eigenvalue weighted by molar-refractivity contribution is 4.86. The maximum Gasteiger partial charge on any atom is 0.310 e. The summed E-state index contributed by atoms with van der Waals surface area (Å²) in [6.45, 7) is 0. The SMILES string of the molecule is FC1(F)CCCCCC1(F)F. The van der Waals surface area contributed by atoms with E-state index in [2.05, 4.69) is 0 Å². The second-order valence-corrected chi connectivity index (χ2v) is 2.97. The predicted octanol–water partition coefficient (Wildman–Crippen LogP) is 3.22. The van der Waals surface area contributed by atoms with Gasteiger partial charge >= 0.3 is 11.8 Å². The van der Waals surface area contributed by atoms with Gasteiger partial charge in [0.15, 0.2) is 0 Å². The van der Waals surface area contributed by atoms with Crippen molar-refractivity contribution < 1.29 is 17.6 Å². The second-order valence-electron chi connectivity index (χ2n) is 2.97. The molecule has 0 spiro atoms. The molecule has 1 rings (SSSR count). The number of hydrogen-bond donors (Lipinski definition) is 0. The summed E-state index contributed by atoms with van der Waals surface area (Å²) >= 11 is 0. The first-order valence-corrected chi connectivity index (χ1v) is 3.71. The van der Waals surface area contributed by atoms with Crippen LogP contribution in [0.3, 0.4) is 0 Å². The van der Waals surface area contributed by atoms with Gasteiger partial charge in [0.05, 0.1) is 0 Å². The molecule has 11 heavy (non-hydrogen) atoms. The number of rotatable bonds is 0. The van der Waals surface area contributed by atoms with Crippen molar-refractivity contribution in [2.75, 3.05) is 0 Å². The topological polar surface area (TPSA) is 0 Å². The maximum absolute atomic E-state index is 12.5. The van der Waals surface area contributed by atoms with Crippen LogP contribution in [0.2, 0.25) is 0 Å². The first-order valence-electron chi connectivity index (χ1n) is 3.71. The van der Waals surface area contributed by atoms with E-state index in [0.29, 0.717) is 6.42 Å². The van der Waals surface area contributed by atoms with Gasteiger partial charge in [-0.25, -0.2) is 0 Å². The van der Waals surface area contributed by atoms with Gasteiger partial charge in [0.1, 0.15) is 0 Å². The average molecular weight is 170 g/mol. The Balaban J connectivity index is 2.72. The van der Waals surface area contributed by atoms with Crippen LogP contribution in [-0.2, 0) is 0 Å². The lowest BCUT2D eigenvalue weighted by Crippen LogP contribution is -2.38. The molecule has 0 N–H and O–H groups in total. The fourth-order valence-corrected chi connectivity index (χ4v) is 1.24. The molecule has 0 radical (unpaired) electrons. The van der Waals surface area contributed by atoms with Crippen molar-refractivity contribution in [1.29, 1.82) is 0 Å². The van der Waals surface area contributed by atoms with Crippen LogP contribution >= 0.6 is 0 Å². The molecule has 0 aromatic rings. The first kappa shape index (κ1) is 8.81. The van der Waals surface area contributed by atoms with E-state index in [0.717, 1.165) is 0 Å². The molecule has 0 saturated heterocycles. The molecule has 0 bridgehead atoms. The molecule has 0 aliphatic heterocycles. The summed E-state index contributed by atoms with van der Waals surface area (Å²) in [5, 5.41) is 0. The minimum atomic E-state index is -3.77. The molecule has 0 heterocycles. The van der Waals surface area contributed by atoms with Crippen LogP contribution in [0, 0.1) is 0 Å². The Morgan fingerprint density at radius 1 is 0.636 bits per heavy atom. The summed E-state index contributed by atoms with van der Waals surface area (Å²) in [6, 6.07) is 0. The molecule has 1 saturated carbocycles. The first-order chi connectivity index (χ1) is 4.96. The third-order valence-electron chi connectivity index (χ3n) is 2.02. The molecule has 0 unspecified atom stereocenters. The van der Waals surface area contributed by atoms with Crippen molar-refractivity contribution >= 4 is 0 Å². The van der Waals surface area contributed by atoms with Gasteiger partial charge in [-0.3, -0.25) is 0 Å². The lowest BCUT2D eigenvalue weighted by atomic mass is 10.1. The lowest BCUT2D eigenvalue weighted by molar-refractivity contribution is -0.210. The molecule has 4 heteroatoms. The molecule has 1 fully saturated rings. The normalized spacial score (nSPS) is 29.5. The smallest absolute Gasteiger partial charge is 0.200 e. The highest BCUT2D eigenvalue weighted by atomic mass is 19.3. The van der Waals surface area contributed by atoms with E-state index >= 15 is 0 Å². The van der Waals surface area contributed by atoms with Crippen molar-refractivity contribution in [2.24, 2.45) is 0 Å². The van der Waals surface area contributed by atoms with Crippen LogP contribution in [0.5, 0.6) is 0 Å². The minimum absolute atomic E-state index is 0.211. The van der Waals surface area contributed by atoms with Crippen molar-refractivity contribution in [3.8, 4) is 0 Å². The Morgan fingerprint density at radius 2 is 1.00 bits per heavy atom. The van der Waals surface area contributed by atoms with E-state index in [1.807, 2.05) is 0 Å². The van der Waals surface area contributed by atoms with Crippen LogP contribution in [0.15, 0.2) is 0 Å². The Morgan fingerprint density at radius 3 is 1.36 bits per heavy atom. The Kier molecular flexibility index (Phi) is 2.12. The van der Waals surface area contributed by atoms with Gasteiger partial charge in [-0.15, -0.1) is 0 Å². The minimum Gasteiger partial charge on any atom is -0.200 e. The lowest BCUT2D eigenvalue weighted by Gasteiger charge is -2.23. The largest absolute Gasteiger partial charge is 0.310 e. The Bertz CT molecular complexity index is 125. The Labute approximate surface area is 62.6 Å². The summed E-state index contributed by atoms with van der Waals surface area (Å²) in [5.74, 6) is -7.55. The monoisotopic (exact) mass is 170 g/mol. The quantitative estimate of drug-likeness (QED) is 0.386. The third kappa shape index (κ3) is 1.65. The van der Waals surface area contributed by atoms with Crippen LogP contribution in [0.4, 0.5) is 17.6 Å². The van der Waals surface area contributed by atoms with E-state index in [9.17, 15) is 17.6 Å². The van der Waals surface area contributed by atoms with Gasteiger partial charge in [0.2, 0.25) is 0 Å². The third-order valence-corrected chi connectivity index (χ3v) is 2.02. The van der Waals surface area contributed by atoms with Crippen LogP contribution in [0.25, 0.3) is 0 Å². The summed E-state index contributed by atoms with van der Waals surface area (Å²) in [5.41, 5.74) is 0. The zero-order valence-corrected chi connectivity index (χ0v) is 6.05. The fourth-order valence-electron chi connectivity index (χ4n) is 1.24. The molecular formula is C7H10F4.